The lowest BCUT2D eigenvalue weighted by Crippen LogP contribution is -2.00. The fourth-order valence-electron chi connectivity index (χ4n) is 3.18. The first-order valence-corrected chi connectivity index (χ1v) is 10.0. The van der Waals surface area contributed by atoms with Gasteiger partial charge in [-0.2, -0.15) is 8.42 Å². The van der Waals surface area contributed by atoms with E-state index < -0.39 is 25.7 Å². The van der Waals surface area contributed by atoms with Crippen molar-refractivity contribution in [3.05, 3.63) is 76.8 Å². The molecule has 0 atom stereocenters. The number of nitro benzene ring substituents is 1. The molecule has 0 aliphatic rings. The molecule has 0 spiro atoms. The zero-order valence-electron chi connectivity index (χ0n) is 15.1. The van der Waals surface area contributed by atoms with Crippen molar-refractivity contribution in [2.75, 3.05) is 0 Å². The van der Waals surface area contributed by atoms with E-state index in [0.29, 0.717) is 5.69 Å². The lowest BCUT2D eigenvalue weighted by atomic mass is 10.1. The standard InChI is InChI=1S/C20H13N3O6S/c24-18-11-19(30(27,28)29)16-10-13(23(25)26)8-9-15(16)20(18)22-21-17-7-3-5-12-4-1-2-6-14(12)17/h1-11,24H,(H,27,28,29). The molecule has 0 heterocycles. The minimum absolute atomic E-state index is 0.0808. The van der Waals surface area contributed by atoms with Crippen LogP contribution in [0, 0.1) is 10.1 Å². The molecule has 4 aromatic rings. The summed E-state index contributed by atoms with van der Waals surface area (Å²) in [5.41, 5.74) is 0.0525. The molecule has 0 aliphatic carbocycles. The van der Waals surface area contributed by atoms with E-state index in [1.54, 1.807) is 12.1 Å². The van der Waals surface area contributed by atoms with Crippen molar-refractivity contribution in [3.63, 3.8) is 0 Å². The van der Waals surface area contributed by atoms with Gasteiger partial charge in [-0.1, -0.05) is 36.4 Å². The lowest BCUT2D eigenvalue weighted by molar-refractivity contribution is -0.384. The Morgan fingerprint density at radius 2 is 1.60 bits per heavy atom. The van der Waals surface area contributed by atoms with Crippen molar-refractivity contribution < 1.29 is 23.0 Å². The molecule has 30 heavy (non-hydrogen) atoms. The van der Waals surface area contributed by atoms with Crippen molar-refractivity contribution >= 4 is 48.7 Å². The first kappa shape index (κ1) is 19.4. The second-order valence-corrected chi connectivity index (χ2v) is 7.79. The SMILES string of the molecule is O=[N+]([O-])c1ccc2c(N=Nc3cccc4ccccc34)c(O)cc(S(=O)(=O)O)c2c1. The van der Waals surface area contributed by atoms with Gasteiger partial charge < -0.3 is 5.11 Å². The molecular weight excluding hydrogens is 410 g/mol. The Morgan fingerprint density at radius 1 is 0.867 bits per heavy atom. The highest BCUT2D eigenvalue weighted by Gasteiger charge is 2.22. The average molecular weight is 423 g/mol. The van der Waals surface area contributed by atoms with Gasteiger partial charge in [0.25, 0.3) is 15.8 Å². The number of hydrogen-bond donors (Lipinski definition) is 2. The molecule has 0 aromatic heterocycles. The van der Waals surface area contributed by atoms with Crippen molar-refractivity contribution in [3.8, 4) is 5.75 Å². The summed E-state index contributed by atoms with van der Waals surface area (Å²) in [7, 11) is -4.76. The van der Waals surface area contributed by atoms with Crippen LogP contribution in [0.1, 0.15) is 0 Å². The smallest absolute Gasteiger partial charge is 0.295 e. The fraction of sp³-hybridized carbons (Fsp3) is 0. The minimum Gasteiger partial charge on any atom is -0.506 e. The summed E-state index contributed by atoms with van der Waals surface area (Å²) in [5, 5.41) is 31.4. The van der Waals surface area contributed by atoms with Crippen LogP contribution in [0.2, 0.25) is 0 Å². The Morgan fingerprint density at radius 3 is 2.33 bits per heavy atom. The van der Waals surface area contributed by atoms with Crippen molar-refractivity contribution in [2.45, 2.75) is 4.90 Å². The van der Waals surface area contributed by atoms with Gasteiger partial charge in [-0.15, -0.1) is 10.2 Å². The number of benzene rings is 4. The van der Waals surface area contributed by atoms with Gasteiger partial charge in [0, 0.05) is 34.4 Å². The Balaban J connectivity index is 1.96. The Hall–Kier alpha value is -3.89. The number of fused-ring (bicyclic) bond motifs is 2. The van der Waals surface area contributed by atoms with Gasteiger partial charge in [0.2, 0.25) is 0 Å². The number of azo groups is 1. The molecule has 4 aromatic carbocycles. The van der Waals surface area contributed by atoms with Crippen molar-refractivity contribution in [2.24, 2.45) is 10.2 Å². The maximum absolute atomic E-state index is 11.7. The fourth-order valence-corrected chi connectivity index (χ4v) is 3.89. The van der Waals surface area contributed by atoms with E-state index in [1.165, 1.54) is 6.07 Å². The third-order valence-electron chi connectivity index (χ3n) is 4.55. The topological polar surface area (TPSA) is 142 Å². The number of phenols is 1. The quantitative estimate of drug-likeness (QED) is 0.198. The predicted octanol–water partition coefficient (Wildman–Crippen LogP) is 5.27. The van der Waals surface area contributed by atoms with Crippen molar-refractivity contribution in [1.82, 2.24) is 0 Å². The van der Waals surface area contributed by atoms with Crippen molar-refractivity contribution in [1.29, 1.82) is 0 Å². The summed E-state index contributed by atoms with van der Waals surface area (Å²) in [5.74, 6) is -0.548. The summed E-state index contributed by atoms with van der Waals surface area (Å²) in [6.45, 7) is 0. The van der Waals surface area contributed by atoms with Gasteiger partial charge in [0.05, 0.1) is 10.6 Å². The van der Waals surface area contributed by atoms with Gasteiger partial charge >= 0.3 is 0 Å². The van der Waals surface area contributed by atoms with E-state index in [9.17, 15) is 28.2 Å². The Bertz CT molecular complexity index is 1460. The zero-order valence-corrected chi connectivity index (χ0v) is 15.9. The number of non-ortho nitro benzene ring substituents is 1. The van der Waals surface area contributed by atoms with Gasteiger partial charge in [0.1, 0.15) is 16.3 Å². The molecule has 0 saturated carbocycles. The van der Waals surface area contributed by atoms with E-state index in [2.05, 4.69) is 10.2 Å². The van der Waals surface area contributed by atoms with Crippen LogP contribution >= 0.6 is 0 Å². The molecule has 0 amide bonds. The van der Waals surface area contributed by atoms with Gasteiger partial charge in [-0.3, -0.25) is 14.7 Å². The molecule has 0 aliphatic heterocycles. The highest BCUT2D eigenvalue weighted by atomic mass is 32.2. The number of phenolic OH excluding ortho intramolecular Hbond substituents is 1. The number of aromatic hydroxyl groups is 1. The van der Waals surface area contributed by atoms with E-state index >= 15 is 0 Å². The molecule has 10 heteroatoms. The normalized spacial score (nSPS) is 12.0. The van der Waals surface area contributed by atoms with Crippen LogP contribution in [0.3, 0.4) is 0 Å². The molecule has 0 radical (unpaired) electrons. The van der Waals surface area contributed by atoms with Crippen LogP contribution < -0.4 is 0 Å². The first-order valence-electron chi connectivity index (χ1n) is 8.57. The van der Waals surface area contributed by atoms with Crippen LogP contribution in [0.4, 0.5) is 17.1 Å². The molecule has 0 fully saturated rings. The summed E-state index contributed by atoms with van der Waals surface area (Å²) in [6, 6.07) is 17.1. The van der Waals surface area contributed by atoms with Crippen LogP contribution in [0.25, 0.3) is 21.5 Å². The van der Waals surface area contributed by atoms with E-state index in [-0.39, 0.29) is 22.1 Å². The molecule has 150 valence electrons. The van der Waals surface area contributed by atoms with Crippen LogP contribution in [-0.2, 0) is 10.1 Å². The minimum atomic E-state index is -4.76. The van der Waals surface area contributed by atoms with Gasteiger partial charge in [-0.25, -0.2) is 0 Å². The van der Waals surface area contributed by atoms with Gasteiger partial charge in [-0.05, 0) is 17.5 Å². The summed E-state index contributed by atoms with van der Waals surface area (Å²) in [6.07, 6.45) is 0. The summed E-state index contributed by atoms with van der Waals surface area (Å²) >= 11 is 0. The van der Waals surface area contributed by atoms with Gasteiger partial charge in [0.15, 0.2) is 0 Å². The Labute approximate surface area is 169 Å². The maximum atomic E-state index is 11.7. The zero-order chi connectivity index (χ0) is 21.5. The van der Waals surface area contributed by atoms with E-state index in [1.807, 2.05) is 30.3 Å². The number of nitro groups is 1. The van der Waals surface area contributed by atoms with Crippen LogP contribution in [0.5, 0.6) is 5.75 Å². The third kappa shape index (κ3) is 3.45. The van der Waals surface area contributed by atoms with Crippen LogP contribution in [-0.4, -0.2) is 23.0 Å². The summed E-state index contributed by atoms with van der Waals surface area (Å²) < 4.78 is 33.0. The predicted molar refractivity (Wildman–Crippen MR) is 110 cm³/mol. The molecule has 9 nitrogen and oxygen atoms in total. The molecule has 0 unspecified atom stereocenters. The van der Waals surface area contributed by atoms with E-state index in [4.69, 9.17) is 0 Å². The monoisotopic (exact) mass is 423 g/mol. The molecule has 4 rings (SSSR count). The maximum Gasteiger partial charge on any atom is 0.295 e. The number of nitrogens with zero attached hydrogens (tertiary/aromatic N) is 3. The molecule has 0 saturated heterocycles. The highest BCUT2D eigenvalue weighted by Crippen LogP contribution is 2.41. The largest absolute Gasteiger partial charge is 0.506 e. The second kappa shape index (κ2) is 7.17. The Kier molecular flexibility index (Phi) is 4.65. The molecule has 0 bridgehead atoms. The highest BCUT2D eigenvalue weighted by molar-refractivity contribution is 7.86. The summed E-state index contributed by atoms with van der Waals surface area (Å²) in [4.78, 5) is 9.73. The first-order chi connectivity index (χ1) is 14.3. The van der Waals surface area contributed by atoms with E-state index in [0.717, 1.165) is 29.0 Å². The average Bonchev–Trinajstić information content (AvgIpc) is 2.71. The molecular formula is C20H13N3O6S. The number of hydrogen-bond acceptors (Lipinski definition) is 7. The van der Waals surface area contributed by atoms with Crippen LogP contribution in [0.15, 0.2) is 81.9 Å². The third-order valence-corrected chi connectivity index (χ3v) is 5.44. The molecule has 2 N–H and O–H groups in total. The lowest BCUT2D eigenvalue weighted by Gasteiger charge is -2.09. The second-order valence-electron chi connectivity index (χ2n) is 6.40. The number of rotatable bonds is 4.